The Morgan fingerprint density at radius 1 is 1.50 bits per heavy atom. The molecule has 0 aliphatic carbocycles. The SMILES string of the molecule is CC(N)CN1c2ccccc2OCC1C.Cl. The molecule has 0 spiro atoms. The first kappa shape index (κ1) is 13.1. The van der Waals surface area contributed by atoms with Gasteiger partial charge in [-0.1, -0.05) is 12.1 Å². The van der Waals surface area contributed by atoms with Gasteiger partial charge in [-0.05, 0) is 26.0 Å². The Morgan fingerprint density at radius 2 is 2.19 bits per heavy atom. The van der Waals surface area contributed by atoms with Crippen molar-refractivity contribution in [2.45, 2.75) is 25.9 Å². The molecule has 0 amide bonds. The molecular weight excluding hydrogens is 224 g/mol. The lowest BCUT2D eigenvalue weighted by Gasteiger charge is -2.37. The Hall–Kier alpha value is -0.930. The smallest absolute Gasteiger partial charge is 0.142 e. The second-order valence-electron chi connectivity index (χ2n) is 4.26. The number of rotatable bonds is 2. The fourth-order valence-corrected chi connectivity index (χ4v) is 1.94. The van der Waals surface area contributed by atoms with Crippen LogP contribution >= 0.6 is 12.4 Å². The highest BCUT2D eigenvalue weighted by atomic mass is 35.5. The Balaban J connectivity index is 0.00000128. The fourth-order valence-electron chi connectivity index (χ4n) is 1.94. The summed E-state index contributed by atoms with van der Waals surface area (Å²) < 4.78 is 5.67. The number of hydrogen-bond donors (Lipinski definition) is 1. The lowest BCUT2D eigenvalue weighted by molar-refractivity contribution is 0.268. The molecule has 1 aromatic carbocycles. The summed E-state index contributed by atoms with van der Waals surface area (Å²) in [5, 5.41) is 0. The normalized spacial score (nSPS) is 20.4. The topological polar surface area (TPSA) is 38.5 Å². The van der Waals surface area contributed by atoms with Gasteiger partial charge in [-0.25, -0.2) is 0 Å². The molecule has 4 heteroatoms. The van der Waals surface area contributed by atoms with Gasteiger partial charge in [0.15, 0.2) is 0 Å². The Labute approximate surface area is 103 Å². The Morgan fingerprint density at radius 3 is 2.88 bits per heavy atom. The first-order valence-corrected chi connectivity index (χ1v) is 5.42. The molecule has 2 N–H and O–H groups in total. The number of anilines is 1. The van der Waals surface area contributed by atoms with Gasteiger partial charge in [0, 0.05) is 12.6 Å². The molecule has 1 aliphatic heterocycles. The van der Waals surface area contributed by atoms with Gasteiger partial charge in [-0.2, -0.15) is 0 Å². The average Bonchev–Trinajstić information content (AvgIpc) is 2.22. The summed E-state index contributed by atoms with van der Waals surface area (Å²) in [6, 6.07) is 8.71. The number of halogens is 1. The van der Waals surface area contributed by atoms with Crippen LogP contribution in [0.2, 0.25) is 0 Å². The molecule has 2 unspecified atom stereocenters. The van der Waals surface area contributed by atoms with E-state index in [-0.39, 0.29) is 18.4 Å². The van der Waals surface area contributed by atoms with Crippen molar-refractivity contribution in [3.05, 3.63) is 24.3 Å². The molecular formula is C12H19ClN2O. The van der Waals surface area contributed by atoms with Crippen LogP contribution in [0.15, 0.2) is 24.3 Å². The number of fused-ring (bicyclic) bond motifs is 1. The van der Waals surface area contributed by atoms with Crippen LogP contribution in [0.3, 0.4) is 0 Å². The standard InChI is InChI=1S/C12H18N2O.ClH/c1-9(13)7-14-10(2)8-15-12-6-4-3-5-11(12)14;/h3-6,9-10H,7-8,13H2,1-2H3;1H. The molecule has 0 bridgehead atoms. The van der Waals surface area contributed by atoms with Crippen molar-refractivity contribution in [1.82, 2.24) is 0 Å². The summed E-state index contributed by atoms with van der Waals surface area (Å²) in [4.78, 5) is 2.32. The lowest BCUT2D eigenvalue weighted by Crippen LogP contribution is -2.46. The molecule has 90 valence electrons. The van der Waals surface area contributed by atoms with Gasteiger partial charge < -0.3 is 15.4 Å². The van der Waals surface area contributed by atoms with Crippen LogP contribution in [-0.4, -0.2) is 25.2 Å². The maximum absolute atomic E-state index is 5.86. The van der Waals surface area contributed by atoms with E-state index >= 15 is 0 Å². The summed E-state index contributed by atoms with van der Waals surface area (Å²) in [5.41, 5.74) is 7.02. The number of para-hydroxylation sites is 2. The van der Waals surface area contributed by atoms with Gasteiger partial charge in [-0.15, -0.1) is 12.4 Å². The highest BCUT2D eigenvalue weighted by molar-refractivity contribution is 5.85. The minimum atomic E-state index is 0. The molecule has 16 heavy (non-hydrogen) atoms. The average molecular weight is 243 g/mol. The van der Waals surface area contributed by atoms with E-state index < -0.39 is 0 Å². The van der Waals surface area contributed by atoms with Gasteiger partial charge in [0.2, 0.25) is 0 Å². The molecule has 2 atom stereocenters. The Bertz CT molecular complexity index is 344. The zero-order chi connectivity index (χ0) is 10.8. The number of hydrogen-bond acceptors (Lipinski definition) is 3. The zero-order valence-corrected chi connectivity index (χ0v) is 10.5. The summed E-state index contributed by atoms with van der Waals surface area (Å²) >= 11 is 0. The molecule has 0 saturated heterocycles. The van der Waals surface area contributed by atoms with Crippen molar-refractivity contribution < 1.29 is 4.74 Å². The molecule has 1 heterocycles. The monoisotopic (exact) mass is 242 g/mol. The first-order chi connectivity index (χ1) is 7.18. The largest absolute Gasteiger partial charge is 0.489 e. The van der Waals surface area contributed by atoms with Crippen molar-refractivity contribution in [2.75, 3.05) is 18.1 Å². The first-order valence-electron chi connectivity index (χ1n) is 5.42. The van der Waals surface area contributed by atoms with Gasteiger partial charge in [0.25, 0.3) is 0 Å². The van der Waals surface area contributed by atoms with Crippen LogP contribution in [0, 0.1) is 0 Å². The van der Waals surface area contributed by atoms with E-state index in [1.165, 1.54) is 0 Å². The minimum absolute atomic E-state index is 0. The second kappa shape index (κ2) is 5.41. The third kappa shape index (κ3) is 2.60. The number of nitrogens with two attached hydrogens (primary N) is 1. The fraction of sp³-hybridized carbons (Fsp3) is 0.500. The van der Waals surface area contributed by atoms with Crippen LogP contribution < -0.4 is 15.4 Å². The van der Waals surface area contributed by atoms with E-state index in [0.717, 1.165) is 24.6 Å². The maximum Gasteiger partial charge on any atom is 0.142 e. The molecule has 1 aromatic rings. The maximum atomic E-state index is 5.86. The van der Waals surface area contributed by atoms with Crippen molar-refractivity contribution in [2.24, 2.45) is 5.73 Å². The molecule has 1 aliphatic rings. The van der Waals surface area contributed by atoms with Gasteiger partial charge >= 0.3 is 0 Å². The molecule has 3 nitrogen and oxygen atoms in total. The molecule has 0 radical (unpaired) electrons. The van der Waals surface area contributed by atoms with E-state index in [1.54, 1.807) is 0 Å². The van der Waals surface area contributed by atoms with Crippen LogP contribution in [0.25, 0.3) is 0 Å². The third-order valence-corrected chi connectivity index (χ3v) is 2.67. The molecule has 2 rings (SSSR count). The van der Waals surface area contributed by atoms with E-state index in [0.29, 0.717) is 6.04 Å². The predicted molar refractivity (Wildman–Crippen MR) is 69.6 cm³/mol. The van der Waals surface area contributed by atoms with E-state index in [4.69, 9.17) is 10.5 Å². The highest BCUT2D eigenvalue weighted by Crippen LogP contribution is 2.33. The van der Waals surface area contributed by atoms with Crippen molar-refractivity contribution in [1.29, 1.82) is 0 Å². The summed E-state index contributed by atoms with van der Waals surface area (Å²) in [6.45, 7) is 5.81. The van der Waals surface area contributed by atoms with Crippen molar-refractivity contribution in [3.63, 3.8) is 0 Å². The van der Waals surface area contributed by atoms with Crippen molar-refractivity contribution >= 4 is 18.1 Å². The zero-order valence-electron chi connectivity index (χ0n) is 9.72. The molecule has 0 saturated carbocycles. The van der Waals surface area contributed by atoms with Crippen LogP contribution in [0.5, 0.6) is 5.75 Å². The molecule has 0 aromatic heterocycles. The number of ether oxygens (including phenoxy) is 1. The summed E-state index contributed by atoms with van der Waals surface area (Å²) in [6.07, 6.45) is 0. The predicted octanol–water partition coefficient (Wildman–Crippen LogP) is 2.04. The number of benzene rings is 1. The van der Waals surface area contributed by atoms with E-state index in [9.17, 15) is 0 Å². The minimum Gasteiger partial charge on any atom is -0.489 e. The summed E-state index contributed by atoms with van der Waals surface area (Å²) in [5.74, 6) is 0.969. The van der Waals surface area contributed by atoms with Crippen molar-refractivity contribution in [3.8, 4) is 5.75 Å². The van der Waals surface area contributed by atoms with Gasteiger partial charge in [-0.3, -0.25) is 0 Å². The molecule has 0 fully saturated rings. The van der Waals surface area contributed by atoms with Gasteiger partial charge in [0.1, 0.15) is 12.4 Å². The third-order valence-electron chi connectivity index (χ3n) is 2.67. The highest BCUT2D eigenvalue weighted by Gasteiger charge is 2.24. The van der Waals surface area contributed by atoms with Crippen LogP contribution in [0.4, 0.5) is 5.69 Å². The second-order valence-corrected chi connectivity index (χ2v) is 4.26. The lowest BCUT2D eigenvalue weighted by atomic mass is 10.1. The quantitative estimate of drug-likeness (QED) is 0.863. The van der Waals surface area contributed by atoms with E-state index in [1.807, 2.05) is 25.1 Å². The van der Waals surface area contributed by atoms with E-state index in [2.05, 4.69) is 17.9 Å². The van der Waals surface area contributed by atoms with Crippen LogP contribution in [0.1, 0.15) is 13.8 Å². The number of nitrogens with zero attached hydrogens (tertiary/aromatic N) is 1. The van der Waals surface area contributed by atoms with Crippen LogP contribution in [-0.2, 0) is 0 Å². The summed E-state index contributed by atoms with van der Waals surface area (Å²) in [7, 11) is 0. The Kier molecular flexibility index (Phi) is 4.44. The van der Waals surface area contributed by atoms with Gasteiger partial charge in [0.05, 0.1) is 11.7 Å².